The molecule has 0 atom stereocenters. The first-order valence-corrected chi connectivity index (χ1v) is 5.72. The van der Waals surface area contributed by atoms with E-state index in [4.69, 9.17) is 4.42 Å². The summed E-state index contributed by atoms with van der Waals surface area (Å²) in [5, 5.41) is 2.96. The molecule has 6 nitrogen and oxygen atoms in total. The van der Waals surface area contributed by atoms with Gasteiger partial charge in [0.1, 0.15) is 0 Å². The van der Waals surface area contributed by atoms with Gasteiger partial charge in [0.05, 0.1) is 5.70 Å². The molecule has 0 unspecified atom stereocenters. The van der Waals surface area contributed by atoms with Crippen LogP contribution in [0.2, 0.25) is 0 Å². The first kappa shape index (κ1) is 12.5. The Balaban J connectivity index is 1.98. The summed E-state index contributed by atoms with van der Waals surface area (Å²) in [6, 6.07) is 0. The van der Waals surface area contributed by atoms with Crippen LogP contribution < -0.4 is 5.32 Å². The van der Waals surface area contributed by atoms with Gasteiger partial charge in [0.15, 0.2) is 12.1 Å². The Morgan fingerprint density at radius 1 is 1.39 bits per heavy atom. The van der Waals surface area contributed by atoms with E-state index < -0.39 is 0 Å². The molecule has 0 saturated heterocycles. The number of aromatic nitrogens is 1. The Morgan fingerprint density at radius 2 is 2.17 bits per heavy atom. The number of oxazole rings is 1. The third-order valence-electron chi connectivity index (χ3n) is 2.62. The van der Waals surface area contributed by atoms with E-state index in [0.29, 0.717) is 6.54 Å². The third-order valence-corrected chi connectivity index (χ3v) is 2.62. The lowest BCUT2D eigenvalue weighted by Crippen LogP contribution is -2.28. The molecular weight excluding hydrogens is 234 g/mol. The van der Waals surface area contributed by atoms with Gasteiger partial charge in [0.2, 0.25) is 17.3 Å². The van der Waals surface area contributed by atoms with Crippen LogP contribution in [0, 0.1) is 0 Å². The quantitative estimate of drug-likeness (QED) is 0.765. The van der Waals surface area contributed by atoms with Crippen molar-refractivity contribution in [3.05, 3.63) is 29.6 Å². The third kappa shape index (κ3) is 2.48. The van der Waals surface area contributed by atoms with Crippen LogP contribution in [0.25, 0.3) is 0 Å². The average Bonchev–Trinajstić information content (AvgIpc) is 2.80. The predicted octanol–water partition coefficient (Wildman–Crippen LogP) is 0.479. The summed E-state index contributed by atoms with van der Waals surface area (Å²) in [4.78, 5) is 29.3. The highest BCUT2D eigenvalue weighted by Crippen LogP contribution is 2.18. The summed E-state index contributed by atoms with van der Waals surface area (Å²) in [5.41, 5.74) is 0.377. The molecule has 0 spiro atoms. The second-order valence-corrected chi connectivity index (χ2v) is 4.37. The Morgan fingerprint density at radius 3 is 2.89 bits per heavy atom. The minimum absolute atomic E-state index is 0.0256. The van der Waals surface area contributed by atoms with Gasteiger partial charge in [-0.2, -0.15) is 0 Å². The number of carbonyl (C=O) groups is 2. The molecule has 0 bridgehead atoms. The minimum atomic E-state index is -0.313. The Bertz CT molecular complexity index is 502. The molecule has 0 aromatic carbocycles. The predicted molar refractivity (Wildman–Crippen MR) is 64.4 cm³/mol. The summed E-state index contributed by atoms with van der Waals surface area (Å²) < 4.78 is 4.94. The second kappa shape index (κ2) is 5.14. The molecule has 0 saturated carbocycles. The molecule has 1 aliphatic rings. The molecule has 96 valence electrons. The van der Waals surface area contributed by atoms with Crippen molar-refractivity contribution in [2.24, 2.45) is 0 Å². The van der Waals surface area contributed by atoms with Crippen molar-refractivity contribution in [2.45, 2.75) is 6.42 Å². The molecular formula is C12H15N3O3. The van der Waals surface area contributed by atoms with Crippen LogP contribution in [-0.2, 0) is 0 Å². The first-order valence-electron chi connectivity index (χ1n) is 5.72. The van der Waals surface area contributed by atoms with E-state index in [9.17, 15) is 9.59 Å². The monoisotopic (exact) mass is 249 g/mol. The largest absolute Gasteiger partial charge is 0.439 e. The highest BCUT2D eigenvalue weighted by molar-refractivity contribution is 6.22. The van der Waals surface area contributed by atoms with E-state index in [0.717, 1.165) is 19.4 Å². The number of nitrogens with one attached hydrogen (secondary N) is 1. The second-order valence-electron chi connectivity index (χ2n) is 4.37. The maximum absolute atomic E-state index is 11.9. The number of nitrogens with zero attached hydrogens (tertiary/aromatic N) is 2. The number of allylic oxidation sites excluding steroid dienone is 2. The molecule has 0 radical (unpaired) electrons. The molecule has 18 heavy (non-hydrogen) atoms. The zero-order valence-electron chi connectivity index (χ0n) is 10.4. The summed E-state index contributed by atoms with van der Waals surface area (Å²) in [7, 11) is 3.96. The van der Waals surface area contributed by atoms with Crippen LogP contribution in [0.15, 0.2) is 22.6 Å². The maximum atomic E-state index is 11.9. The van der Waals surface area contributed by atoms with E-state index in [1.165, 1.54) is 6.08 Å². The van der Waals surface area contributed by atoms with Gasteiger partial charge in [0, 0.05) is 12.6 Å². The number of rotatable bonds is 5. The van der Waals surface area contributed by atoms with Crippen LogP contribution in [0.1, 0.15) is 27.5 Å². The smallest absolute Gasteiger partial charge is 0.246 e. The highest BCUT2D eigenvalue weighted by Gasteiger charge is 2.29. The zero-order chi connectivity index (χ0) is 13.1. The standard InChI is InChI=1S/C12H15N3O3/c1-15(2)5-3-4-13-8-6-9(16)10-12(11(8)17)18-7-14-10/h6-7,13H,3-5H2,1-2H3. The van der Waals surface area contributed by atoms with Crippen molar-refractivity contribution >= 4 is 11.6 Å². The summed E-state index contributed by atoms with van der Waals surface area (Å²) in [6.07, 6.45) is 3.28. The fourth-order valence-electron chi connectivity index (χ4n) is 1.72. The lowest BCUT2D eigenvalue weighted by Gasteiger charge is -2.13. The van der Waals surface area contributed by atoms with Crippen molar-refractivity contribution in [1.29, 1.82) is 0 Å². The van der Waals surface area contributed by atoms with Crippen LogP contribution in [0.5, 0.6) is 0 Å². The number of fused-ring (bicyclic) bond motifs is 1. The van der Waals surface area contributed by atoms with Gasteiger partial charge in [0.25, 0.3) is 0 Å². The van der Waals surface area contributed by atoms with E-state index in [1.807, 2.05) is 14.1 Å². The van der Waals surface area contributed by atoms with Gasteiger partial charge in [-0.25, -0.2) is 4.98 Å². The van der Waals surface area contributed by atoms with E-state index >= 15 is 0 Å². The maximum Gasteiger partial charge on any atom is 0.246 e. The van der Waals surface area contributed by atoms with Crippen molar-refractivity contribution in [3.63, 3.8) is 0 Å². The SMILES string of the molecule is CN(C)CCCNC1=CC(=O)c2ncoc2C1=O. The van der Waals surface area contributed by atoms with Gasteiger partial charge < -0.3 is 14.6 Å². The number of Topliss-reactive ketones (excluding diaryl/α,β-unsaturated/α-hetero) is 1. The van der Waals surface area contributed by atoms with Crippen LogP contribution in [0.4, 0.5) is 0 Å². The number of carbonyl (C=O) groups excluding carboxylic acids is 2. The molecule has 2 rings (SSSR count). The van der Waals surface area contributed by atoms with Crippen molar-refractivity contribution in [2.75, 3.05) is 27.2 Å². The molecule has 1 aromatic rings. The van der Waals surface area contributed by atoms with Gasteiger partial charge in [-0.05, 0) is 27.1 Å². The Hall–Kier alpha value is -1.95. The molecule has 1 N–H and O–H groups in total. The number of hydrogen-bond acceptors (Lipinski definition) is 6. The summed E-state index contributed by atoms with van der Waals surface area (Å²) in [5.74, 6) is -0.585. The van der Waals surface area contributed by atoms with Gasteiger partial charge in [-0.1, -0.05) is 0 Å². The lowest BCUT2D eigenvalue weighted by atomic mass is 10.0. The first-order chi connectivity index (χ1) is 8.59. The molecule has 6 heteroatoms. The molecule has 0 amide bonds. The summed E-state index contributed by atoms with van der Waals surface area (Å²) in [6.45, 7) is 1.54. The van der Waals surface area contributed by atoms with Gasteiger partial charge >= 0.3 is 0 Å². The molecule has 1 aromatic heterocycles. The fourth-order valence-corrected chi connectivity index (χ4v) is 1.72. The van der Waals surface area contributed by atoms with E-state index in [2.05, 4.69) is 15.2 Å². The van der Waals surface area contributed by atoms with E-state index in [-0.39, 0.29) is 28.7 Å². The molecule has 0 fully saturated rings. The highest BCUT2D eigenvalue weighted by atomic mass is 16.3. The molecule has 0 aliphatic heterocycles. The molecule has 1 heterocycles. The number of ketones is 2. The van der Waals surface area contributed by atoms with Crippen molar-refractivity contribution in [3.8, 4) is 0 Å². The fraction of sp³-hybridized carbons (Fsp3) is 0.417. The van der Waals surface area contributed by atoms with Crippen molar-refractivity contribution in [1.82, 2.24) is 15.2 Å². The van der Waals surface area contributed by atoms with Crippen LogP contribution in [0.3, 0.4) is 0 Å². The molecule has 1 aliphatic carbocycles. The Kier molecular flexibility index (Phi) is 3.57. The number of hydrogen-bond donors (Lipinski definition) is 1. The van der Waals surface area contributed by atoms with E-state index in [1.54, 1.807) is 0 Å². The summed E-state index contributed by atoms with van der Waals surface area (Å²) >= 11 is 0. The lowest BCUT2D eigenvalue weighted by molar-refractivity contribution is 0.0956. The van der Waals surface area contributed by atoms with Crippen LogP contribution in [-0.4, -0.2) is 48.6 Å². The van der Waals surface area contributed by atoms with Gasteiger partial charge in [-0.3, -0.25) is 9.59 Å². The zero-order valence-corrected chi connectivity index (χ0v) is 10.4. The topological polar surface area (TPSA) is 75.4 Å². The van der Waals surface area contributed by atoms with Gasteiger partial charge in [-0.15, -0.1) is 0 Å². The Labute approximate surface area is 105 Å². The van der Waals surface area contributed by atoms with Crippen LogP contribution >= 0.6 is 0 Å². The van der Waals surface area contributed by atoms with Crippen molar-refractivity contribution < 1.29 is 14.0 Å². The minimum Gasteiger partial charge on any atom is -0.439 e. The normalized spacial score (nSPS) is 14.7. The average molecular weight is 249 g/mol.